The number of methoxy groups -OCH3 is 1. The van der Waals surface area contributed by atoms with Gasteiger partial charge in [0.2, 0.25) is 0 Å². The Morgan fingerprint density at radius 1 is 1.44 bits per heavy atom. The normalized spacial score (nSPS) is 18.3. The third kappa shape index (κ3) is 2.56. The van der Waals surface area contributed by atoms with Crippen LogP contribution in [-0.4, -0.2) is 24.8 Å². The van der Waals surface area contributed by atoms with Crippen LogP contribution in [0.1, 0.15) is 30.9 Å². The van der Waals surface area contributed by atoms with Gasteiger partial charge in [-0.15, -0.1) is 0 Å². The van der Waals surface area contributed by atoms with Gasteiger partial charge in [0.1, 0.15) is 0 Å². The van der Waals surface area contributed by atoms with Crippen molar-refractivity contribution < 1.29 is 14.6 Å². The smallest absolute Gasteiger partial charge is 0.306 e. The van der Waals surface area contributed by atoms with Crippen molar-refractivity contribution in [1.29, 1.82) is 0 Å². The first-order valence-corrected chi connectivity index (χ1v) is 6.39. The first-order valence-electron chi connectivity index (χ1n) is 6.39. The van der Waals surface area contributed by atoms with Crippen LogP contribution >= 0.6 is 0 Å². The fourth-order valence-electron chi connectivity index (χ4n) is 2.55. The van der Waals surface area contributed by atoms with Gasteiger partial charge in [-0.2, -0.15) is 0 Å². The highest BCUT2D eigenvalue weighted by Crippen LogP contribution is 2.49. The quantitative estimate of drug-likeness (QED) is 0.841. The fraction of sp³-hybridized carbons (Fsp3) is 0.533. The van der Waals surface area contributed by atoms with Crippen molar-refractivity contribution in [2.24, 2.45) is 5.92 Å². The molecule has 0 aliphatic heterocycles. The fourth-order valence-corrected chi connectivity index (χ4v) is 2.55. The third-order valence-corrected chi connectivity index (χ3v) is 3.81. The van der Waals surface area contributed by atoms with E-state index >= 15 is 0 Å². The van der Waals surface area contributed by atoms with E-state index < -0.39 is 5.97 Å². The lowest BCUT2D eigenvalue weighted by atomic mass is 9.88. The van der Waals surface area contributed by atoms with Gasteiger partial charge in [0.05, 0.1) is 12.5 Å². The van der Waals surface area contributed by atoms with E-state index in [9.17, 15) is 4.79 Å². The highest BCUT2D eigenvalue weighted by Gasteiger charge is 2.45. The summed E-state index contributed by atoms with van der Waals surface area (Å²) in [4.78, 5) is 11.0. The molecule has 3 nitrogen and oxygen atoms in total. The molecule has 2 rings (SSSR count). The molecule has 1 saturated carbocycles. The van der Waals surface area contributed by atoms with Gasteiger partial charge in [-0.3, -0.25) is 4.79 Å². The van der Waals surface area contributed by atoms with E-state index in [1.807, 2.05) is 18.2 Å². The van der Waals surface area contributed by atoms with Gasteiger partial charge >= 0.3 is 5.97 Å². The molecule has 0 spiro atoms. The molecule has 1 aliphatic rings. The molecule has 1 aromatic rings. The number of carboxylic acid groups (broad SMARTS) is 1. The van der Waals surface area contributed by atoms with Gasteiger partial charge in [-0.1, -0.05) is 31.2 Å². The SMILES string of the molecule is COCC1(c2ccccc2CC(C)C(=O)O)CC1. The van der Waals surface area contributed by atoms with Crippen LogP contribution in [0.25, 0.3) is 0 Å². The van der Waals surface area contributed by atoms with Crippen LogP contribution in [0.3, 0.4) is 0 Å². The molecule has 0 aromatic heterocycles. The highest BCUT2D eigenvalue weighted by atomic mass is 16.5. The Morgan fingerprint density at radius 2 is 2.11 bits per heavy atom. The molecule has 0 saturated heterocycles. The third-order valence-electron chi connectivity index (χ3n) is 3.81. The minimum atomic E-state index is -0.735. The molecule has 1 fully saturated rings. The molecular weight excluding hydrogens is 228 g/mol. The van der Waals surface area contributed by atoms with Crippen LogP contribution in [0.4, 0.5) is 0 Å². The van der Waals surface area contributed by atoms with E-state index in [-0.39, 0.29) is 11.3 Å². The van der Waals surface area contributed by atoms with Crippen molar-refractivity contribution in [3.05, 3.63) is 35.4 Å². The Bertz CT molecular complexity index is 435. The minimum absolute atomic E-state index is 0.142. The van der Waals surface area contributed by atoms with Crippen molar-refractivity contribution in [3.63, 3.8) is 0 Å². The maximum Gasteiger partial charge on any atom is 0.306 e. The molecule has 0 radical (unpaired) electrons. The predicted molar refractivity (Wildman–Crippen MR) is 69.7 cm³/mol. The van der Waals surface area contributed by atoms with Crippen LogP contribution in [0, 0.1) is 5.92 Å². The van der Waals surface area contributed by atoms with Crippen LogP contribution in [0.5, 0.6) is 0 Å². The molecule has 98 valence electrons. The first-order chi connectivity index (χ1) is 8.59. The largest absolute Gasteiger partial charge is 0.481 e. The van der Waals surface area contributed by atoms with Crippen molar-refractivity contribution in [2.75, 3.05) is 13.7 Å². The van der Waals surface area contributed by atoms with Gasteiger partial charge in [-0.05, 0) is 30.4 Å². The van der Waals surface area contributed by atoms with Crippen molar-refractivity contribution in [3.8, 4) is 0 Å². The van der Waals surface area contributed by atoms with Crippen LogP contribution in [0.15, 0.2) is 24.3 Å². The lowest BCUT2D eigenvalue weighted by molar-refractivity contribution is -0.141. The van der Waals surface area contributed by atoms with Crippen molar-refractivity contribution in [1.82, 2.24) is 0 Å². The number of hydrogen-bond acceptors (Lipinski definition) is 2. The van der Waals surface area contributed by atoms with Gasteiger partial charge in [0.25, 0.3) is 0 Å². The number of carbonyl (C=O) groups is 1. The van der Waals surface area contributed by atoms with Crippen molar-refractivity contribution >= 4 is 5.97 Å². The molecule has 1 aromatic carbocycles. The topological polar surface area (TPSA) is 46.5 Å². The van der Waals surface area contributed by atoms with Gasteiger partial charge in [0.15, 0.2) is 0 Å². The Balaban J connectivity index is 2.23. The standard InChI is InChI=1S/C15H20O3/c1-11(14(16)17)9-12-5-3-4-6-13(12)15(7-8-15)10-18-2/h3-6,11H,7-10H2,1-2H3,(H,16,17). The summed E-state index contributed by atoms with van der Waals surface area (Å²) in [5.74, 6) is -1.08. The van der Waals surface area contributed by atoms with E-state index in [2.05, 4.69) is 6.07 Å². The average Bonchev–Trinajstić information content (AvgIpc) is 3.11. The first kappa shape index (κ1) is 13.1. The molecule has 1 N–H and O–H groups in total. The minimum Gasteiger partial charge on any atom is -0.481 e. The number of hydrogen-bond donors (Lipinski definition) is 1. The van der Waals surface area contributed by atoms with Gasteiger partial charge in [0, 0.05) is 12.5 Å². The molecule has 1 unspecified atom stereocenters. The molecule has 0 amide bonds. The predicted octanol–water partition coefficient (Wildman–Crippen LogP) is 2.63. The zero-order valence-electron chi connectivity index (χ0n) is 11.0. The van der Waals surface area contributed by atoms with Gasteiger partial charge < -0.3 is 9.84 Å². The number of aliphatic carboxylic acids is 1. The average molecular weight is 248 g/mol. The Kier molecular flexibility index (Phi) is 3.71. The van der Waals surface area contributed by atoms with E-state index in [0.717, 1.165) is 25.0 Å². The maximum absolute atomic E-state index is 11.0. The van der Waals surface area contributed by atoms with E-state index in [0.29, 0.717) is 6.42 Å². The molecule has 0 bridgehead atoms. The number of carboxylic acids is 1. The van der Waals surface area contributed by atoms with E-state index in [4.69, 9.17) is 9.84 Å². The summed E-state index contributed by atoms with van der Waals surface area (Å²) in [5, 5.41) is 9.03. The Morgan fingerprint density at radius 3 is 2.67 bits per heavy atom. The molecule has 1 aliphatic carbocycles. The summed E-state index contributed by atoms with van der Waals surface area (Å²) in [6, 6.07) is 8.18. The van der Waals surface area contributed by atoms with Crippen LogP contribution in [-0.2, 0) is 21.4 Å². The second-order valence-corrected chi connectivity index (χ2v) is 5.31. The maximum atomic E-state index is 11.0. The lowest BCUT2D eigenvalue weighted by Gasteiger charge is -2.19. The van der Waals surface area contributed by atoms with Crippen molar-refractivity contribution in [2.45, 2.75) is 31.6 Å². The summed E-state index contributed by atoms with van der Waals surface area (Å²) in [6.07, 6.45) is 2.87. The lowest BCUT2D eigenvalue weighted by Crippen LogP contribution is -2.19. The van der Waals surface area contributed by atoms with E-state index in [1.165, 1.54) is 5.56 Å². The Labute approximate surface area is 108 Å². The summed E-state index contributed by atoms with van der Waals surface area (Å²) in [6.45, 7) is 2.49. The number of benzene rings is 1. The summed E-state index contributed by atoms with van der Waals surface area (Å²) in [7, 11) is 1.72. The molecule has 3 heteroatoms. The second kappa shape index (κ2) is 5.11. The van der Waals surface area contributed by atoms with E-state index in [1.54, 1.807) is 14.0 Å². The molecule has 18 heavy (non-hydrogen) atoms. The van der Waals surface area contributed by atoms with Gasteiger partial charge in [-0.25, -0.2) is 0 Å². The molecule has 0 heterocycles. The summed E-state index contributed by atoms with van der Waals surface area (Å²) >= 11 is 0. The summed E-state index contributed by atoms with van der Waals surface area (Å²) < 4.78 is 5.31. The second-order valence-electron chi connectivity index (χ2n) is 5.31. The van der Waals surface area contributed by atoms with Crippen LogP contribution < -0.4 is 0 Å². The number of rotatable bonds is 6. The molecular formula is C15H20O3. The number of ether oxygens (including phenoxy) is 1. The monoisotopic (exact) mass is 248 g/mol. The summed E-state index contributed by atoms with van der Waals surface area (Å²) in [5.41, 5.74) is 2.57. The highest BCUT2D eigenvalue weighted by molar-refractivity contribution is 5.70. The van der Waals surface area contributed by atoms with Crippen LogP contribution in [0.2, 0.25) is 0 Å². The zero-order chi connectivity index (χ0) is 13.2. The molecule has 1 atom stereocenters. The zero-order valence-corrected chi connectivity index (χ0v) is 11.0. The Hall–Kier alpha value is -1.35.